The van der Waals surface area contributed by atoms with Crippen LogP contribution in [0.15, 0.2) is 30.4 Å². The van der Waals surface area contributed by atoms with E-state index in [4.69, 9.17) is 0 Å². The van der Waals surface area contributed by atoms with Crippen LogP contribution in [-0.4, -0.2) is 4.62 Å². The van der Waals surface area contributed by atoms with E-state index >= 15 is 0 Å². The number of rotatable bonds is 2. The van der Waals surface area contributed by atoms with Crippen LogP contribution in [0.2, 0.25) is 0 Å². The van der Waals surface area contributed by atoms with Gasteiger partial charge in [-0.2, -0.15) is 0 Å². The van der Waals surface area contributed by atoms with Gasteiger partial charge in [-0.15, -0.1) is 0 Å². The zero-order valence-corrected chi connectivity index (χ0v) is 5.48. The maximum atomic E-state index is 3.72. The second kappa shape index (κ2) is 3.81. The molecule has 0 bridgehead atoms. The summed E-state index contributed by atoms with van der Waals surface area (Å²) in [6, 6.07) is 0. The SMILES string of the molecule is C=CN=C(Br)C=C. The Hall–Kier alpha value is -0.370. The molecule has 0 heterocycles. The van der Waals surface area contributed by atoms with Gasteiger partial charge in [0.25, 0.3) is 0 Å². The Kier molecular flexibility index (Phi) is 3.61. The number of aliphatic imine (C=N–C) groups is 1. The Bertz CT molecular complexity index is 105. The first-order chi connectivity index (χ1) is 3.31. The average molecular weight is 160 g/mol. The Morgan fingerprint density at radius 3 is 2.29 bits per heavy atom. The molecule has 0 aromatic rings. The van der Waals surface area contributed by atoms with Crippen LogP contribution in [0.3, 0.4) is 0 Å². The lowest BCUT2D eigenvalue weighted by molar-refractivity contribution is 1.62. The van der Waals surface area contributed by atoms with Crippen molar-refractivity contribution in [3.05, 3.63) is 25.4 Å². The quantitative estimate of drug-likeness (QED) is 0.548. The topological polar surface area (TPSA) is 12.4 Å². The van der Waals surface area contributed by atoms with Crippen molar-refractivity contribution in [1.29, 1.82) is 0 Å². The van der Waals surface area contributed by atoms with Crippen LogP contribution >= 0.6 is 15.9 Å². The molecule has 0 amide bonds. The summed E-state index contributed by atoms with van der Waals surface area (Å²) in [5, 5.41) is 0. The van der Waals surface area contributed by atoms with Gasteiger partial charge in [-0.05, 0) is 22.0 Å². The molecule has 0 atom stereocenters. The van der Waals surface area contributed by atoms with Gasteiger partial charge in [0.05, 0.1) is 0 Å². The molecule has 38 valence electrons. The summed E-state index contributed by atoms with van der Waals surface area (Å²) in [5.41, 5.74) is 0. The molecule has 0 aliphatic rings. The molecule has 0 N–H and O–H groups in total. The van der Waals surface area contributed by atoms with Gasteiger partial charge in [0, 0.05) is 6.20 Å². The van der Waals surface area contributed by atoms with Crippen molar-refractivity contribution in [2.45, 2.75) is 0 Å². The Morgan fingerprint density at radius 1 is 1.57 bits per heavy atom. The van der Waals surface area contributed by atoms with E-state index in [1.165, 1.54) is 6.20 Å². The van der Waals surface area contributed by atoms with E-state index in [1.807, 2.05) is 0 Å². The largest absolute Gasteiger partial charge is 0.250 e. The van der Waals surface area contributed by atoms with Crippen LogP contribution in [0.5, 0.6) is 0 Å². The molecule has 0 aromatic heterocycles. The smallest absolute Gasteiger partial charge is 0.105 e. The molecule has 0 rings (SSSR count). The number of halogens is 1. The fraction of sp³-hybridized carbons (Fsp3) is 0. The maximum absolute atomic E-state index is 3.72. The van der Waals surface area contributed by atoms with E-state index in [0.29, 0.717) is 4.62 Å². The van der Waals surface area contributed by atoms with Crippen molar-refractivity contribution in [1.82, 2.24) is 0 Å². The van der Waals surface area contributed by atoms with Gasteiger partial charge in [0.2, 0.25) is 0 Å². The van der Waals surface area contributed by atoms with Gasteiger partial charge >= 0.3 is 0 Å². The summed E-state index contributed by atoms with van der Waals surface area (Å²) >= 11 is 3.10. The summed E-state index contributed by atoms with van der Waals surface area (Å²) in [6.07, 6.45) is 3.05. The number of allylic oxidation sites excluding steroid dienone is 1. The zero-order valence-electron chi connectivity index (χ0n) is 3.89. The molecule has 0 aliphatic carbocycles. The molecule has 0 saturated heterocycles. The molecule has 0 unspecified atom stereocenters. The van der Waals surface area contributed by atoms with Gasteiger partial charge < -0.3 is 0 Å². The highest BCUT2D eigenvalue weighted by atomic mass is 79.9. The van der Waals surface area contributed by atoms with Crippen molar-refractivity contribution in [2.75, 3.05) is 0 Å². The van der Waals surface area contributed by atoms with Gasteiger partial charge in [0.1, 0.15) is 4.62 Å². The molecule has 0 spiro atoms. The van der Waals surface area contributed by atoms with E-state index in [0.717, 1.165) is 0 Å². The Morgan fingerprint density at radius 2 is 2.14 bits per heavy atom. The van der Waals surface area contributed by atoms with Crippen molar-refractivity contribution < 1.29 is 0 Å². The van der Waals surface area contributed by atoms with E-state index < -0.39 is 0 Å². The highest BCUT2D eigenvalue weighted by Crippen LogP contribution is 1.88. The minimum atomic E-state index is 0.711. The molecular weight excluding hydrogens is 154 g/mol. The standard InChI is InChI=1S/C5H6BrN/c1-3-5(6)7-4-2/h3-4H,1-2H2. The molecule has 2 heteroatoms. The minimum Gasteiger partial charge on any atom is -0.250 e. The first-order valence-electron chi connectivity index (χ1n) is 1.78. The maximum Gasteiger partial charge on any atom is 0.105 e. The summed E-state index contributed by atoms with van der Waals surface area (Å²) in [4.78, 5) is 3.72. The molecule has 0 saturated carbocycles. The first-order valence-corrected chi connectivity index (χ1v) is 2.57. The van der Waals surface area contributed by atoms with Gasteiger partial charge in [-0.1, -0.05) is 13.2 Å². The number of hydrogen-bond donors (Lipinski definition) is 0. The fourth-order valence-electron chi connectivity index (χ4n) is 0.140. The zero-order chi connectivity index (χ0) is 5.70. The summed E-state index contributed by atoms with van der Waals surface area (Å²) < 4.78 is 0.711. The van der Waals surface area contributed by atoms with Crippen LogP contribution in [0, 0.1) is 0 Å². The average Bonchev–Trinajstić information content (AvgIpc) is 1.68. The molecule has 7 heavy (non-hydrogen) atoms. The third-order valence-electron chi connectivity index (χ3n) is 0.383. The lowest BCUT2D eigenvalue weighted by Crippen LogP contribution is -1.70. The highest BCUT2D eigenvalue weighted by molar-refractivity contribution is 9.18. The highest BCUT2D eigenvalue weighted by Gasteiger charge is 1.73. The van der Waals surface area contributed by atoms with Crippen LogP contribution < -0.4 is 0 Å². The second-order valence-corrected chi connectivity index (χ2v) is 1.65. The molecule has 1 nitrogen and oxygen atoms in total. The van der Waals surface area contributed by atoms with E-state index in [-0.39, 0.29) is 0 Å². The number of hydrogen-bond acceptors (Lipinski definition) is 1. The van der Waals surface area contributed by atoms with E-state index in [1.54, 1.807) is 6.08 Å². The monoisotopic (exact) mass is 159 g/mol. The van der Waals surface area contributed by atoms with Crippen LogP contribution in [0.1, 0.15) is 0 Å². The summed E-state index contributed by atoms with van der Waals surface area (Å²) in [6.45, 7) is 6.84. The predicted molar refractivity (Wildman–Crippen MR) is 36.8 cm³/mol. The number of nitrogens with zero attached hydrogens (tertiary/aromatic N) is 1. The molecular formula is C5H6BrN. The Balaban J connectivity index is 3.72. The molecule has 0 aliphatic heterocycles. The fourth-order valence-corrected chi connectivity index (χ4v) is 0.285. The van der Waals surface area contributed by atoms with Crippen molar-refractivity contribution in [3.8, 4) is 0 Å². The normalized spacial score (nSPS) is 10.7. The molecule has 0 radical (unpaired) electrons. The van der Waals surface area contributed by atoms with Crippen LogP contribution in [-0.2, 0) is 0 Å². The van der Waals surface area contributed by atoms with Crippen molar-refractivity contribution in [3.63, 3.8) is 0 Å². The lowest BCUT2D eigenvalue weighted by atomic mass is 10.7. The Labute approximate surface area is 51.6 Å². The van der Waals surface area contributed by atoms with Crippen LogP contribution in [0.25, 0.3) is 0 Å². The molecule has 0 fully saturated rings. The lowest BCUT2D eigenvalue weighted by Gasteiger charge is -1.76. The van der Waals surface area contributed by atoms with Crippen molar-refractivity contribution >= 4 is 20.6 Å². The summed E-state index contributed by atoms with van der Waals surface area (Å²) in [5.74, 6) is 0. The first kappa shape index (κ1) is 6.63. The summed E-state index contributed by atoms with van der Waals surface area (Å²) in [7, 11) is 0. The molecule has 0 aromatic carbocycles. The second-order valence-electron chi connectivity index (χ2n) is 0.839. The van der Waals surface area contributed by atoms with Gasteiger partial charge in [0.15, 0.2) is 0 Å². The van der Waals surface area contributed by atoms with Gasteiger partial charge in [-0.25, -0.2) is 0 Å². The third-order valence-corrected chi connectivity index (χ3v) is 0.912. The predicted octanol–water partition coefficient (Wildman–Crippen LogP) is 2.11. The van der Waals surface area contributed by atoms with E-state index in [2.05, 4.69) is 34.1 Å². The minimum absolute atomic E-state index is 0.711. The van der Waals surface area contributed by atoms with Crippen LogP contribution in [0.4, 0.5) is 0 Å². The van der Waals surface area contributed by atoms with Crippen molar-refractivity contribution in [2.24, 2.45) is 4.99 Å². The van der Waals surface area contributed by atoms with E-state index in [9.17, 15) is 0 Å². The van der Waals surface area contributed by atoms with Gasteiger partial charge in [-0.3, -0.25) is 4.99 Å². The third kappa shape index (κ3) is 3.46.